The Bertz CT molecular complexity index is 249. The van der Waals surface area contributed by atoms with Crippen molar-refractivity contribution in [2.24, 2.45) is 0 Å². The number of nitrogens with one attached hydrogen (secondary N) is 1. The van der Waals surface area contributed by atoms with Crippen molar-refractivity contribution in [1.82, 2.24) is 15.5 Å². The average molecular weight is 233 g/mol. The molecule has 0 fully saturated rings. The number of likely N-dealkylation sites (N-methyl/N-ethyl adjacent to an activating group) is 1. The lowest BCUT2D eigenvalue weighted by Gasteiger charge is -2.26. The minimum absolute atomic E-state index is 0.153. The summed E-state index contributed by atoms with van der Waals surface area (Å²) in [6, 6.07) is 0. The Morgan fingerprint density at radius 1 is 1.71 bits per heavy atom. The van der Waals surface area contributed by atoms with Crippen LogP contribution >= 0.6 is 23.1 Å². The second-order valence-corrected chi connectivity index (χ2v) is 5.45. The fourth-order valence-corrected chi connectivity index (χ4v) is 2.63. The monoisotopic (exact) mass is 233 g/mol. The summed E-state index contributed by atoms with van der Waals surface area (Å²) >= 11 is 3.23. The Balaban J connectivity index is 2.27. The first-order chi connectivity index (χ1) is 6.70. The summed E-state index contributed by atoms with van der Waals surface area (Å²) in [4.78, 5) is 0. The maximum atomic E-state index is 9.15. The number of hydrogen-bond acceptors (Lipinski definition) is 6. The van der Waals surface area contributed by atoms with Crippen molar-refractivity contribution in [3.8, 4) is 0 Å². The Morgan fingerprint density at radius 3 is 3.00 bits per heavy atom. The molecule has 0 saturated heterocycles. The number of aliphatic hydroxyl groups excluding tert-OH is 1. The zero-order valence-corrected chi connectivity index (χ0v) is 9.99. The second-order valence-electron chi connectivity index (χ2n) is 3.27. The third-order valence-electron chi connectivity index (χ3n) is 2.17. The molecule has 0 saturated carbocycles. The van der Waals surface area contributed by atoms with E-state index < -0.39 is 0 Å². The fourth-order valence-electron chi connectivity index (χ4n) is 0.873. The van der Waals surface area contributed by atoms with Gasteiger partial charge in [0, 0.05) is 11.3 Å². The van der Waals surface area contributed by atoms with E-state index >= 15 is 0 Å². The van der Waals surface area contributed by atoms with Gasteiger partial charge in [0.2, 0.25) is 0 Å². The predicted octanol–water partition coefficient (Wildman–Crippen LogP) is 0.991. The van der Waals surface area contributed by atoms with Crippen LogP contribution in [0.5, 0.6) is 0 Å². The van der Waals surface area contributed by atoms with E-state index in [4.69, 9.17) is 5.11 Å². The van der Waals surface area contributed by atoms with Crippen LogP contribution in [0.25, 0.3) is 0 Å². The lowest BCUT2D eigenvalue weighted by molar-refractivity contribution is 0.179. The van der Waals surface area contributed by atoms with Crippen LogP contribution in [0.4, 0.5) is 0 Å². The largest absolute Gasteiger partial charge is 0.394 e. The lowest BCUT2D eigenvalue weighted by atomic mass is 10.0. The first-order valence-electron chi connectivity index (χ1n) is 4.39. The standard InChI is InChI=1S/C8H15N3OS2/c1-8(5-12,9-2)3-4-13-7-11-10-6-14-7/h6,9,12H,3-5H2,1-2H3. The van der Waals surface area contributed by atoms with Crippen LogP contribution in [0.3, 0.4) is 0 Å². The smallest absolute Gasteiger partial charge is 0.174 e. The predicted molar refractivity (Wildman–Crippen MR) is 59.8 cm³/mol. The normalized spacial score (nSPS) is 15.4. The van der Waals surface area contributed by atoms with Crippen LogP contribution in [0, 0.1) is 0 Å². The molecule has 0 bridgehead atoms. The maximum Gasteiger partial charge on any atom is 0.174 e. The zero-order valence-electron chi connectivity index (χ0n) is 8.36. The van der Waals surface area contributed by atoms with Gasteiger partial charge in [0.25, 0.3) is 0 Å². The van der Waals surface area contributed by atoms with Crippen LogP contribution in [0.15, 0.2) is 9.85 Å². The molecule has 0 amide bonds. The molecule has 0 aliphatic heterocycles. The third-order valence-corrected chi connectivity index (χ3v) is 4.03. The topological polar surface area (TPSA) is 58.0 Å². The van der Waals surface area contributed by atoms with Gasteiger partial charge in [0.15, 0.2) is 4.34 Å². The Kier molecular flexibility index (Phi) is 4.80. The molecule has 0 aliphatic carbocycles. The highest BCUT2D eigenvalue weighted by molar-refractivity contribution is 8.00. The van der Waals surface area contributed by atoms with E-state index in [2.05, 4.69) is 15.5 Å². The van der Waals surface area contributed by atoms with Gasteiger partial charge in [-0.1, -0.05) is 23.1 Å². The summed E-state index contributed by atoms with van der Waals surface area (Å²) in [6.45, 7) is 2.16. The molecule has 6 heteroatoms. The second kappa shape index (κ2) is 5.65. The van der Waals surface area contributed by atoms with Gasteiger partial charge in [-0.3, -0.25) is 0 Å². The number of rotatable bonds is 6. The molecule has 0 aliphatic rings. The molecule has 14 heavy (non-hydrogen) atoms. The molecule has 2 N–H and O–H groups in total. The fraction of sp³-hybridized carbons (Fsp3) is 0.750. The highest BCUT2D eigenvalue weighted by Crippen LogP contribution is 2.22. The number of thioether (sulfide) groups is 1. The van der Waals surface area contributed by atoms with Crippen LogP contribution in [-0.2, 0) is 0 Å². The molecule has 0 aromatic carbocycles. The number of nitrogens with zero attached hydrogens (tertiary/aromatic N) is 2. The van der Waals surface area contributed by atoms with Crippen molar-refractivity contribution < 1.29 is 5.11 Å². The summed E-state index contributed by atoms with van der Waals surface area (Å²) in [5, 5.41) is 20.0. The van der Waals surface area contributed by atoms with Crippen molar-refractivity contribution >= 4 is 23.1 Å². The van der Waals surface area contributed by atoms with Gasteiger partial charge in [-0.15, -0.1) is 10.2 Å². The zero-order chi connectivity index (χ0) is 10.4. The maximum absolute atomic E-state index is 9.15. The van der Waals surface area contributed by atoms with Gasteiger partial charge in [0.1, 0.15) is 5.51 Å². The highest BCUT2D eigenvalue weighted by atomic mass is 32.2. The first-order valence-corrected chi connectivity index (χ1v) is 6.25. The van der Waals surface area contributed by atoms with Crippen molar-refractivity contribution in [3.05, 3.63) is 5.51 Å². The molecule has 1 aromatic rings. The van der Waals surface area contributed by atoms with Crippen LogP contribution in [0.1, 0.15) is 13.3 Å². The SMILES string of the molecule is CNC(C)(CO)CCSc1nncs1. The Labute approximate surface area is 92.1 Å². The van der Waals surface area contributed by atoms with E-state index in [-0.39, 0.29) is 12.1 Å². The first kappa shape index (κ1) is 11.9. The lowest BCUT2D eigenvalue weighted by Crippen LogP contribution is -2.43. The molecular formula is C8H15N3OS2. The Hall–Kier alpha value is -0.170. The molecule has 1 aromatic heterocycles. The van der Waals surface area contributed by atoms with Crippen LogP contribution in [-0.4, -0.2) is 40.3 Å². The quantitative estimate of drug-likeness (QED) is 0.718. The van der Waals surface area contributed by atoms with Gasteiger partial charge in [-0.2, -0.15) is 0 Å². The van der Waals surface area contributed by atoms with E-state index in [1.165, 1.54) is 0 Å². The van der Waals surface area contributed by atoms with Gasteiger partial charge in [-0.25, -0.2) is 0 Å². The van der Waals surface area contributed by atoms with Crippen molar-refractivity contribution in [1.29, 1.82) is 0 Å². The van der Waals surface area contributed by atoms with E-state index in [1.54, 1.807) is 28.6 Å². The van der Waals surface area contributed by atoms with E-state index in [9.17, 15) is 0 Å². The summed E-state index contributed by atoms with van der Waals surface area (Å²) in [5.74, 6) is 0.938. The minimum Gasteiger partial charge on any atom is -0.394 e. The summed E-state index contributed by atoms with van der Waals surface area (Å²) in [6.07, 6.45) is 0.907. The van der Waals surface area contributed by atoms with Crippen LogP contribution in [0.2, 0.25) is 0 Å². The molecular weight excluding hydrogens is 218 g/mol. The summed E-state index contributed by atoms with van der Waals surface area (Å²) in [5.41, 5.74) is 1.54. The average Bonchev–Trinajstić information content (AvgIpc) is 2.70. The van der Waals surface area contributed by atoms with E-state index in [1.807, 2.05) is 14.0 Å². The molecule has 0 spiro atoms. The molecule has 4 nitrogen and oxygen atoms in total. The molecule has 1 rings (SSSR count). The molecule has 1 unspecified atom stereocenters. The third kappa shape index (κ3) is 3.53. The van der Waals surface area contributed by atoms with Crippen molar-refractivity contribution in [3.63, 3.8) is 0 Å². The Morgan fingerprint density at radius 2 is 2.50 bits per heavy atom. The van der Waals surface area contributed by atoms with Gasteiger partial charge < -0.3 is 10.4 Å². The van der Waals surface area contributed by atoms with E-state index in [0.717, 1.165) is 16.5 Å². The minimum atomic E-state index is -0.183. The summed E-state index contributed by atoms with van der Waals surface area (Å²) < 4.78 is 0.987. The molecule has 0 radical (unpaired) electrons. The number of aliphatic hydroxyl groups is 1. The van der Waals surface area contributed by atoms with E-state index in [0.29, 0.717) is 0 Å². The van der Waals surface area contributed by atoms with Gasteiger partial charge in [-0.05, 0) is 20.4 Å². The van der Waals surface area contributed by atoms with Gasteiger partial charge >= 0.3 is 0 Å². The van der Waals surface area contributed by atoms with Gasteiger partial charge in [0.05, 0.1) is 6.61 Å². The molecule has 80 valence electrons. The number of aromatic nitrogens is 2. The highest BCUT2D eigenvalue weighted by Gasteiger charge is 2.20. The van der Waals surface area contributed by atoms with Crippen molar-refractivity contribution in [2.45, 2.75) is 23.2 Å². The van der Waals surface area contributed by atoms with Crippen molar-refractivity contribution in [2.75, 3.05) is 19.4 Å². The molecule has 1 heterocycles. The number of hydrogen-bond donors (Lipinski definition) is 2. The van der Waals surface area contributed by atoms with Crippen LogP contribution < -0.4 is 5.32 Å². The summed E-state index contributed by atoms with van der Waals surface area (Å²) in [7, 11) is 1.87. The molecule has 1 atom stereocenters.